The van der Waals surface area contributed by atoms with Crippen LogP contribution in [0.25, 0.3) is 0 Å². The first-order valence-electron chi connectivity index (χ1n) is 5.68. The second-order valence-corrected chi connectivity index (χ2v) is 3.88. The Labute approximate surface area is 104 Å². The van der Waals surface area contributed by atoms with Gasteiger partial charge in [0.2, 0.25) is 5.95 Å². The average Bonchev–Trinajstić information content (AvgIpc) is 2.33. The number of carbonyl (C=O) groups is 2. The van der Waals surface area contributed by atoms with Crippen LogP contribution >= 0.6 is 0 Å². The molecule has 0 spiro atoms. The molecule has 2 N–H and O–H groups in total. The number of amides is 1. The second kappa shape index (κ2) is 6.68. The fraction of sp³-hybridized carbons (Fsp3) is 0.417. The summed E-state index contributed by atoms with van der Waals surface area (Å²) in [6, 6.07) is 3.87. The van der Waals surface area contributed by atoms with Crippen molar-refractivity contribution in [3.63, 3.8) is 0 Å². The molecule has 6 heteroatoms. The van der Waals surface area contributed by atoms with E-state index in [0.29, 0.717) is 12.8 Å². The van der Waals surface area contributed by atoms with Crippen molar-refractivity contribution < 1.29 is 19.1 Å². The third-order valence-electron chi connectivity index (χ3n) is 2.44. The first-order chi connectivity index (χ1) is 8.54. The number of hydrogen-bond donors (Lipinski definition) is 2. The summed E-state index contributed by atoms with van der Waals surface area (Å²) in [6.45, 7) is 1.88. The highest BCUT2D eigenvalue weighted by atomic mass is 19.1. The van der Waals surface area contributed by atoms with Crippen molar-refractivity contribution in [2.75, 3.05) is 6.54 Å². The van der Waals surface area contributed by atoms with Crippen molar-refractivity contribution in [2.24, 2.45) is 5.92 Å². The molecule has 0 bridgehead atoms. The van der Waals surface area contributed by atoms with Crippen LogP contribution in [-0.2, 0) is 4.79 Å². The Bertz CT molecular complexity index is 437. The molecule has 1 unspecified atom stereocenters. The van der Waals surface area contributed by atoms with E-state index in [0.717, 1.165) is 6.07 Å². The minimum Gasteiger partial charge on any atom is -0.481 e. The highest BCUT2D eigenvalue weighted by Gasteiger charge is 2.18. The van der Waals surface area contributed by atoms with Gasteiger partial charge in [0.25, 0.3) is 5.91 Å². The molecule has 0 radical (unpaired) electrons. The largest absolute Gasteiger partial charge is 0.481 e. The molecule has 0 aromatic carbocycles. The van der Waals surface area contributed by atoms with Gasteiger partial charge in [-0.05, 0) is 18.6 Å². The molecule has 1 amide bonds. The number of rotatable bonds is 6. The predicted octanol–water partition coefficient (Wildman–Crippen LogP) is 1.45. The Hall–Kier alpha value is -1.98. The van der Waals surface area contributed by atoms with Gasteiger partial charge in [0.15, 0.2) is 0 Å². The molecule has 1 rings (SSSR count). The van der Waals surface area contributed by atoms with E-state index >= 15 is 0 Å². The topological polar surface area (TPSA) is 79.3 Å². The van der Waals surface area contributed by atoms with Crippen molar-refractivity contribution in [3.8, 4) is 0 Å². The van der Waals surface area contributed by atoms with Crippen molar-refractivity contribution >= 4 is 11.9 Å². The van der Waals surface area contributed by atoms with Gasteiger partial charge in [0.05, 0.1) is 5.92 Å². The van der Waals surface area contributed by atoms with Gasteiger partial charge >= 0.3 is 5.97 Å². The number of aliphatic carboxylic acids is 1. The Balaban J connectivity index is 2.57. The number of hydrogen-bond acceptors (Lipinski definition) is 3. The van der Waals surface area contributed by atoms with Crippen LogP contribution < -0.4 is 5.32 Å². The van der Waals surface area contributed by atoms with Gasteiger partial charge in [0, 0.05) is 6.54 Å². The number of carboxylic acids is 1. The normalized spacial score (nSPS) is 11.9. The van der Waals surface area contributed by atoms with Gasteiger partial charge in [-0.1, -0.05) is 19.4 Å². The fourth-order valence-electron chi connectivity index (χ4n) is 1.50. The van der Waals surface area contributed by atoms with Gasteiger partial charge in [-0.15, -0.1) is 0 Å². The number of nitrogens with one attached hydrogen (secondary N) is 1. The third-order valence-corrected chi connectivity index (χ3v) is 2.44. The summed E-state index contributed by atoms with van der Waals surface area (Å²) in [5, 5.41) is 11.3. The number of carbonyl (C=O) groups excluding carboxylic acids is 1. The zero-order valence-electron chi connectivity index (χ0n) is 10.0. The fourth-order valence-corrected chi connectivity index (χ4v) is 1.50. The van der Waals surface area contributed by atoms with Gasteiger partial charge in [-0.25, -0.2) is 4.98 Å². The highest BCUT2D eigenvalue weighted by molar-refractivity contribution is 5.92. The maximum atomic E-state index is 12.8. The molecule has 0 aliphatic rings. The first-order valence-corrected chi connectivity index (χ1v) is 5.68. The summed E-state index contributed by atoms with van der Waals surface area (Å²) in [5.41, 5.74) is -0.0596. The molecule has 1 aromatic rings. The van der Waals surface area contributed by atoms with Crippen LogP contribution in [0.2, 0.25) is 0 Å². The van der Waals surface area contributed by atoms with Crippen LogP contribution in [0.1, 0.15) is 30.3 Å². The Kier molecular flexibility index (Phi) is 5.23. The number of carboxylic acid groups (broad SMARTS) is 1. The summed E-state index contributed by atoms with van der Waals surface area (Å²) in [5.74, 6) is -2.90. The maximum absolute atomic E-state index is 12.8. The molecule has 98 valence electrons. The van der Waals surface area contributed by atoms with Gasteiger partial charge < -0.3 is 10.4 Å². The summed E-state index contributed by atoms with van der Waals surface area (Å²) in [4.78, 5) is 25.9. The molecule has 0 saturated heterocycles. The molecule has 1 aromatic heterocycles. The summed E-state index contributed by atoms with van der Waals surface area (Å²) in [6.07, 6.45) is 1.19. The molecular formula is C12H15FN2O3. The van der Waals surface area contributed by atoms with Crippen LogP contribution in [0.4, 0.5) is 4.39 Å². The molecule has 0 saturated carbocycles. The summed E-state index contributed by atoms with van der Waals surface area (Å²) in [7, 11) is 0. The lowest BCUT2D eigenvalue weighted by molar-refractivity contribution is -0.141. The molecule has 1 heterocycles. The lowest BCUT2D eigenvalue weighted by Crippen LogP contribution is -2.33. The quantitative estimate of drug-likeness (QED) is 0.753. The monoisotopic (exact) mass is 254 g/mol. The van der Waals surface area contributed by atoms with Crippen molar-refractivity contribution in [1.82, 2.24) is 10.3 Å². The molecule has 18 heavy (non-hydrogen) atoms. The maximum Gasteiger partial charge on any atom is 0.308 e. The van der Waals surface area contributed by atoms with Crippen LogP contribution in [0.15, 0.2) is 18.2 Å². The second-order valence-electron chi connectivity index (χ2n) is 3.88. The van der Waals surface area contributed by atoms with E-state index in [9.17, 15) is 14.0 Å². The number of pyridine rings is 1. The predicted molar refractivity (Wildman–Crippen MR) is 62.6 cm³/mol. The molecule has 0 aliphatic carbocycles. The molecule has 5 nitrogen and oxygen atoms in total. The third kappa shape index (κ3) is 4.12. The number of aromatic nitrogens is 1. The molecular weight excluding hydrogens is 239 g/mol. The number of nitrogens with zero attached hydrogens (tertiary/aromatic N) is 1. The van der Waals surface area contributed by atoms with Crippen molar-refractivity contribution in [1.29, 1.82) is 0 Å². The highest BCUT2D eigenvalue weighted by Crippen LogP contribution is 2.05. The van der Waals surface area contributed by atoms with E-state index in [1.165, 1.54) is 12.1 Å². The van der Waals surface area contributed by atoms with E-state index < -0.39 is 23.7 Å². The van der Waals surface area contributed by atoms with Crippen LogP contribution in [0.5, 0.6) is 0 Å². The van der Waals surface area contributed by atoms with Crippen molar-refractivity contribution in [2.45, 2.75) is 19.8 Å². The van der Waals surface area contributed by atoms with Gasteiger partial charge in [-0.2, -0.15) is 4.39 Å². The lowest BCUT2D eigenvalue weighted by Gasteiger charge is -2.11. The van der Waals surface area contributed by atoms with Crippen LogP contribution in [0.3, 0.4) is 0 Å². The van der Waals surface area contributed by atoms with E-state index in [1.807, 2.05) is 6.92 Å². The smallest absolute Gasteiger partial charge is 0.308 e. The van der Waals surface area contributed by atoms with Crippen LogP contribution in [-0.4, -0.2) is 28.5 Å². The first kappa shape index (κ1) is 14.1. The van der Waals surface area contributed by atoms with E-state index in [4.69, 9.17) is 5.11 Å². The van der Waals surface area contributed by atoms with Gasteiger partial charge in [-0.3, -0.25) is 9.59 Å². The molecule has 0 aliphatic heterocycles. The van der Waals surface area contributed by atoms with Crippen molar-refractivity contribution in [3.05, 3.63) is 29.8 Å². The van der Waals surface area contributed by atoms with E-state index in [-0.39, 0.29) is 12.2 Å². The van der Waals surface area contributed by atoms with E-state index in [2.05, 4.69) is 10.3 Å². The Morgan fingerprint density at radius 1 is 1.50 bits per heavy atom. The minimum absolute atomic E-state index is 0.0141. The SMILES string of the molecule is CCCC(CNC(=O)c1cccc(F)n1)C(=O)O. The zero-order chi connectivity index (χ0) is 13.5. The van der Waals surface area contributed by atoms with Gasteiger partial charge in [0.1, 0.15) is 5.69 Å². The lowest BCUT2D eigenvalue weighted by atomic mass is 10.0. The minimum atomic E-state index is -0.954. The Morgan fingerprint density at radius 2 is 2.22 bits per heavy atom. The van der Waals surface area contributed by atoms with Crippen LogP contribution in [0, 0.1) is 11.9 Å². The number of halogens is 1. The Morgan fingerprint density at radius 3 is 2.78 bits per heavy atom. The van der Waals surface area contributed by atoms with E-state index in [1.54, 1.807) is 0 Å². The molecule has 1 atom stereocenters. The standard InChI is InChI=1S/C12H15FN2O3/c1-2-4-8(12(17)18)7-14-11(16)9-5-3-6-10(13)15-9/h3,5-6,8H,2,4,7H2,1H3,(H,14,16)(H,17,18). The summed E-state index contributed by atoms with van der Waals surface area (Å²) < 4.78 is 12.8. The zero-order valence-corrected chi connectivity index (χ0v) is 10.0. The molecule has 0 fully saturated rings. The summed E-state index contributed by atoms with van der Waals surface area (Å²) >= 11 is 0. The average molecular weight is 254 g/mol.